The zero-order chi connectivity index (χ0) is 12.0. The molecular weight excluding hydrogens is 204 g/mol. The highest BCUT2D eigenvalue weighted by Crippen LogP contribution is 2.34. The summed E-state index contributed by atoms with van der Waals surface area (Å²) in [6, 6.07) is 0. The summed E-state index contributed by atoms with van der Waals surface area (Å²) in [6.07, 6.45) is 0.906. The van der Waals surface area contributed by atoms with E-state index in [-0.39, 0.29) is 11.6 Å². The lowest BCUT2D eigenvalue weighted by Gasteiger charge is -2.54. The first-order valence-electron chi connectivity index (χ1n) is 6.03. The summed E-state index contributed by atoms with van der Waals surface area (Å²) >= 11 is 0. The van der Waals surface area contributed by atoms with Crippen molar-refractivity contribution < 1.29 is 9.53 Å². The number of ether oxygens (including phenoxy) is 1. The van der Waals surface area contributed by atoms with Crippen LogP contribution < -0.4 is 5.32 Å². The molecule has 2 unspecified atom stereocenters. The summed E-state index contributed by atoms with van der Waals surface area (Å²) in [5.41, 5.74) is -0.281. The molecule has 0 saturated carbocycles. The molecule has 4 nitrogen and oxygen atoms in total. The number of nitrogens with zero attached hydrogens (tertiary/aromatic N) is 1. The highest BCUT2D eigenvalue weighted by Gasteiger charge is 2.47. The molecule has 2 fully saturated rings. The molecule has 0 bridgehead atoms. The van der Waals surface area contributed by atoms with Crippen molar-refractivity contribution in [2.24, 2.45) is 5.92 Å². The lowest BCUT2D eigenvalue weighted by Crippen LogP contribution is -2.71. The SMILES string of the molecule is CC(C)(C)OC(=O)N1CCC2CNC2(C)C1. The molecule has 2 aliphatic heterocycles. The van der Waals surface area contributed by atoms with Crippen LogP contribution in [0.25, 0.3) is 0 Å². The van der Waals surface area contributed by atoms with E-state index < -0.39 is 5.60 Å². The fourth-order valence-corrected chi connectivity index (χ4v) is 2.47. The minimum atomic E-state index is -0.401. The van der Waals surface area contributed by atoms with E-state index in [1.165, 1.54) is 0 Å². The Hall–Kier alpha value is -0.770. The van der Waals surface area contributed by atoms with E-state index in [9.17, 15) is 4.79 Å². The number of fused-ring (bicyclic) bond motifs is 1. The van der Waals surface area contributed by atoms with E-state index in [2.05, 4.69) is 12.2 Å². The van der Waals surface area contributed by atoms with Gasteiger partial charge in [-0.15, -0.1) is 0 Å². The van der Waals surface area contributed by atoms with Crippen LogP contribution in [0.4, 0.5) is 4.79 Å². The number of carbonyl (C=O) groups excluding carboxylic acids is 1. The third-order valence-corrected chi connectivity index (χ3v) is 3.57. The average molecular weight is 226 g/mol. The fourth-order valence-electron chi connectivity index (χ4n) is 2.47. The molecule has 16 heavy (non-hydrogen) atoms. The number of hydrogen-bond donors (Lipinski definition) is 1. The van der Waals surface area contributed by atoms with Crippen molar-refractivity contribution in [2.45, 2.75) is 45.3 Å². The van der Waals surface area contributed by atoms with E-state index in [1.54, 1.807) is 0 Å². The van der Waals surface area contributed by atoms with E-state index in [4.69, 9.17) is 4.74 Å². The summed E-state index contributed by atoms with van der Waals surface area (Å²) in [6.45, 7) is 10.6. The number of amides is 1. The first-order chi connectivity index (χ1) is 7.30. The van der Waals surface area contributed by atoms with Crippen LogP contribution >= 0.6 is 0 Å². The fraction of sp³-hybridized carbons (Fsp3) is 0.917. The maximum Gasteiger partial charge on any atom is 0.410 e. The standard InChI is InChI=1S/C12H22N2O2/c1-11(2,3)16-10(15)14-6-5-9-7-13-12(9,4)8-14/h9,13H,5-8H2,1-4H3. The van der Waals surface area contributed by atoms with Gasteiger partial charge >= 0.3 is 6.09 Å². The van der Waals surface area contributed by atoms with Gasteiger partial charge in [-0.3, -0.25) is 0 Å². The highest BCUT2D eigenvalue weighted by molar-refractivity contribution is 5.68. The smallest absolute Gasteiger partial charge is 0.410 e. The van der Waals surface area contributed by atoms with Crippen LogP contribution in [0.3, 0.4) is 0 Å². The Morgan fingerprint density at radius 1 is 1.50 bits per heavy atom. The van der Waals surface area contributed by atoms with Gasteiger partial charge in [0.1, 0.15) is 5.60 Å². The van der Waals surface area contributed by atoms with Crippen molar-refractivity contribution in [3.05, 3.63) is 0 Å². The maximum atomic E-state index is 11.9. The second-order valence-corrected chi connectivity index (χ2v) is 6.19. The lowest BCUT2D eigenvalue weighted by molar-refractivity contribution is -0.0181. The number of rotatable bonds is 0. The largest absolute Gasteiger partial charge is 0.444 e. The summed E-state index contributed by atoms with van der Waals surface area (Å²) in [4.78, 5) is 13.7. The number of hydrogen-bond acceptors (Lipinski definition) is 3. The third-order valence-electron chi connectivity index (χ3n) is 3.57. The molecule has 0 aromatic heterocycles. The normalized spacial score (nSPS) is 34.0. The van der Waals surface area contributed by atoms with Crippen LogP contribution in [-0.4, -0.2) is 41.8 Å². The predicted octanol–water partition coefficient (Wildman–Crippen LogP) is 1.61. The van der Waals surface area contributed by atoms with Gasteiger partial charge < -0.3 is 15.0 Å². The Morgan fingerprint density at radius 3 is 2.62 bits per heavy atom. The van der Waals surface area contributed by atoms with Crippen molar-refractivity contribution in [3.8, 4) is 0 Å². The van der Waals surface area contributed by atoms with Crippen LogP contribution in [-0.2, 0) is 4.74 Å². The topological polar surface area (TPSA) is 41.6 Å². The van der Waals surface area contributed by atoms with Gasteiger partial charge in [-0.25, -0.2) is 4.79 Å². The Morgan fingerprint density at radius 2 is 2.19 bits per heavy atom. The molecule has 92 valence electrons. The van der Waals surface area contributed by atoms with Gasteiger partial charge in [-0.05, 0) is 40.0 Å². The van der Waals surface area contributed by atoms with Crippen LogP contribution in [0.5, 0.6) is 0 Å². The quantitative estimate of drug-likeness (QED) is 0.682. The molecule has 0 aliphatic carbocycles. The summed E-state index contributed by atoms with van der Waals surface area (Å²) in [5.74, 6) is 0.728. The van der Waals surface area contributed by atoms with Gasteiger partial charge in [0.2, 0.25) is 0 Å². The van der Waals surface area contributed by atoms with E-state index in [0.717, 1.165) is 32.0 Å². The molecule has 0 spiro atoms. The number of carbonyl (C=O) groups is 1. The van der Waals surface area contributed by atoms with Crippen LogP contribution in [0, 0.1) is 5.92 Å². The first kappa shape index (κ1) is 11.7. The van der Waals surface area contributed by atoms with Gasteiger partial charge in [-0.2, -0.15) is 0 Å². The highest BCUT2D eigenvalue weighted by atomic mass is 16.6. The molecule has 0 radical (unpaired) electrons. The Labute approximate surface area is 97.3 Å². The maximum absolute atomic E-state index is 11.9. The molecule has 2 aliphatic rings. The van der Waals surface area contributed by atoms with E-state index >= 15 is 0 Å². The van der Waals surface area contributed by atoms with E-state index in [0.29, 0.717) is 0 Å². The van der Waals surface area contributed by atoms with Gasteiger partial charge in [0.25, 0.3) is 0 Å². The van der Waals surface area contributed by atoms with Crippen LogP contribution in [0.2, 0.25) is 0 Å². The van der Waals surface area contributed by atoms with Crippen LogP contribution in [0.1, 0.15) is 34.1 Å². The minimum absolute atomic E-state index is 0.120. The average Bonchev–Trinajstić information content (AvgIpc) is 2.09. The molecular formula is C12H22N2O2. The number of nitrogens with one attached hydrogen (secondary N) is 1. The molecule has 2 saturated heterocycles. The van der Waals surface area contributed by atoms with Crippen molar-refractivity contribution in [2.75, 3.05) is 19.6 Å². The molecule has 1 N–H and O–H groups in total. The van der Waals surface area contributed by atoms with Crippen LogP contribution in [0.15, 0.2) is 0 Å². The second kappa shape index (κ2) is 3.62. The zero-order valence-electron chi connectivity index (χ0n) is 10.7. The summed E-state index contributed by atoms with van der Waals surface area (Å²) < 4.78 is 5.39. The first-order valence-corrected chi connectivity index (χ1v) is 6.03. The van der Waals surface area contributed by atoms with Gasteiger partial charge in [0.05, 0.1) is 0 Å². The van der Waals surface area contributed by atoms with Gasteiger partial charge in [0.15, 0.2) is 0 Å². The van der Waals surface area contributed by atoms with Gasteiger partial charge in [-0.1, -0.05) is 0 Å². The molecule has 0 aromatic carbocycles. The third kappa shape index (κ3) is 2.17. The number of likely N-dealkylation sites (tertiary alicyclic amines) is 1. The molecule has 0 aromatic rings. The second-order valence-electron chi connectivity index (χ2n) is 6.19. The van der Waals surface area contributed by atoms with E-state index in [1.807, 2.05) is 25.7 Å². The Kier molecular flexibility index (Phi) is 2.65. The van der Waals surface area contributed by atoms with Gasteiger partial charge in [0, 0.05) is 25.2 Å². The van der Waals surface area contributed by atoms with Crippen molar-refractivity contribution >= 4 is 6.09 Å². The van der Waals surface area contributed by atoms with Crippen molar-refractivity contribution in [3.63, 3.8) is 0 Å². The monoisotopic (exact) mass is 226 g/mol. The Bertz CT molecular complexity index is 298. The van der Waals surface area contributed by atoms with Crippen molar-refractivity contribution in [1.29, 1.82) is 0 Å². The Balaban J connectivity index is 1.93. The molecule has 4 heteroatoms. The number of piperidine rings is 1. The lowest BCUT2D eigenvalue weighted by atomic mass is 9.73. The molecule has 2 atom stereocenters. The zero-order valence-corrected chi connectivity index (χ0v) is 10.7. The predicted molar refractivity (Wildman–Crippen MR) is 62.3 cm³/mol. The minimum Gasteiger partial charge on any atom is -0.444 e. The molecule has 1 amide bonds. The summed E-state index contributed by atoms with van der Waals surface area (Å²) in [5, 5.41) is 3.42. The molecule has 2 heterocycles. The van der Waals surface area contributed by atoms with Crippen molar-refractivity contribution in [1.82, 2.24) is 10.2 Å². The molecule has 2 rings (SSSR count). The summed E-state index contributed by atoms with van der Waals surface area (Å²) in [7, 11) is 0.